The number of nitrogens with one attached hydrogen (secondary N) is 1. The van der Waals surface area contributed by atoms with Gasteiger partial charge in [0.15, 0.2) is 11.5 Å². The van der Waals surface area contributed by atoms with Crippen molar-refractivity contribution in [2.45, 2.75) is 32.7 Å². The summed E-state index contributed by atoms with van der Waals surface area (Å²) in [5.74, 6) is 1.09. The van der Waals surface area contributed by atoms with Gasteiger partial charge in [0.2, 0.25) is 6.79 Å². The summed E-state index contributed by atoms with van der Waals surface area (Å²) in [7, 11) is 0. The summed E-state index contributed by atoms with van der Waals surface area (Å²) in [4.78, 5) is 28.0. The number of likely N-dealkylation sites (tertiary alicyclic amines) is 1. The van der Waals surface area contributed by atoms with E-state index in [4.69, 9.17) is 9.47 Å². The maximum Gasteiger partial charge on any atom is 0.263 e. The highest BCUT2D eigenvalue weighted by molar-refractivity contribution is 5.95. The molecule has 7 heteroatoms. The van der Waals surface area contributed by atoms with E-state index < -0.39 is 0 Å². The van der Waals surface area contributed by atoms with Crippen LogP contribution in [0.3, 0.4) is 0 Å². The van der Waals surface area contributed by atoms with Crippen LogP contribution in [0, 0.1) is 6.92 Å². The van der Waals surface area contributed by atoms with Crippen LogP contribution in [0.4, 0.5) is 0 Å². The predicted molar refractivity (Wildman–Crippen MR) is 110 cm³/mol. The first-order valence-corrected chi connectivity index (χ1v) is 10.2. The SMILES string of the molecule is Cc1ccn(Cc2ccc3c(c2)OCO3)c(=O)c1C(=O)NCCCN1CCCC1. The fourth-order valence-electron chi connectivity index (χ4n) is 3.90. The minimum atomic E-state index is -0.297. The number of carbonyl (C=O) groups is 1. The molecule has 1 aromatic carbocycles. The highest BCUT2D eigenvalue weighted by atomic mass is 16.7. The van der Waals surface area contributed by atoms with Crippen molar-refractivity contribution in [3.8, 4) is 11.5 Å². The van der Waals surface area contributed by atoms with Crippen molar-refractivity contribution in [1.82, 2.24) is 14.8 Å². The van der Waals surface area contributed by atoms with Gasteiger partial charge in [-0.05, 0) is 75.1 Å². The Kier molecular flexibility index (Phi) is 5.85. The second-order valence-corrected chi connectivity index (χ2v) is 7.65. The molecule has 0 aliphatic carbocycles. The average molecular weight is 397 g/mol. The van der Waals surface area contributed by atoms with Gasteiger partial charge in [-0.1, -0.05) is 6.07 Å². The molecule has 1 amide bonds. The number of hydrogen-bond donors (Lipinski definition) is 1. The van der Waals surface area contributed by atoms with Crippen molar-refractivity contribution in [1.29, 1.82) is 0 Å². The monoisotopic (exact) mass is 397 g/mol. The van der Waals surface area contributed by atoms with Crippen molar-refractivity contribution < 1.29 is 14.3 Å². The maximum absolute atomic E-state index is 12.9. The molecule has 29 heavy (non-hydrogen) atoms. The summed E-state index contributed by atoms with van der Waals surface area (Å²) in [5, 5.41) is 2.91. The van der Waals surface area contributed by atoms with E-state index in [2.05, 4.69) is 10.2 Å². The van der Waals surface area contributed by atoms with Gasteiger partial charge in [0, 0.05) is 12.7 Å². The van der Waals surface area contributed by atoms with Crippen LogP contribution in [-0.4, -0.2) is 48.3 Å². The summed E-state index contributed by atoms with van der Waals surface area (Å²) < 4.78 is 12.3. The molecule has 154 valence electrons. The van der Waals surface area contributed by atoms with Gasteiger partial charge in [-0.3, -0.25) is 9.59 Å². The molecule has 0 spiro atoms. The number of aromatic nitrogens is 1. The second-order valence-electron chi connectivity index (χ2n) is 7.65. The quantitative estimate of drug-likeness (QED) is 0.725. The number of rotatable bonds is 7. The highest BCUT2D eigenvalue weighted by Crippen LogP contribution is 2.32. The lowest BCUT2D eigenvalue weighted by Crippen LogP contribution is -2.35. The molecule has 1 aromatic heterocycles. The first kappa shape index (κ1) is 19.5. The third-order valence-corrected chi connectivity index (χ3v) is 5.53. The van der Waals surface area contributed by atoms with Gasteiger partial charge in [0.25, 0.3) is 11.5 Å². The van der Waals surface area contributed by atoms with Gasteiger partial charge < -0.3 is 24.3 Å². The molecule has 2 aliphatic heterocycles. The lowest BCUT2D eigenvalue weighted by Gasteiger charge is -2.15. The predicted octanol–water partition coefficient (Wildman–Crippen LogP) is 2.15. The number of hydrogen-bond acceptors (Lipinski definition) is 5. The number of pyridine rings is 1. The molecule has 3 heterocycles. The van der Waals surface area contributed by atoms with E-state index in [0.717, 1.165) is 31.6 Å². The molecule has 2 aromatic rings. The maximum atomic E-state index is 12.9. The normalized spacial score (nSPS) is 15.6. The van der Waals surface area contributed by atoms with Crippen LogP contribution in [0.15, 0.2) is 35.3 Å². The smallest absolute Gasteiger partial charge is 0.263 e. The minimum absolute atomic E-state index is 0.214. The number of fused-ring (bicyclic) bond motifs is 1. The van der Waals surface area contributed by atoms with E-state index in [9.17, 15) is 9.59 Å². The molecular weight excluding hydrogens is 370 g/mol. The summed E-state index contributed by atoms with van der Waals surface area (Å²) in [6.07, 6.45) is 5.15. The van der Waals surface area contributed by atoms with Crippen molar-refractivity contribution >= 4 is 5.91 Å². The van der Waals surface area contributed by atoms with Crippen LogP contribution in [-0.2, 0) is 6.54 Å². The standard InChI is InChI=1S/C22H27N3O4/c1-16-7-12-25(14-17-5-6-18-19(13-17)29-15-28-18)22(27)20(16)21(26)23-8-4-11-24-9-2-3-10-24/h5-7,12-13H,2-4,8-11,14-15H2,1H3,(H,23,26). The summed E-state index contributed by atoms with van der Waals surface area (Å²) >= 11 is 0. The first-order chi connectivity index (χ1) is 14.1. The molecule has 0 radical (unpaired) electrons. The second kappa shape index (κ2) is 8.69. The Bertz CT molecular complexity index is 948. The summed E-state index contributed by atoms with van der Waals surface area (Å²) in [5.41, 5.74) is 1.54. The van der Waals surface area contributed by atoms with Crippen LogP contribution in [0.2, 0.25) is 0 Å². The zero-order chi connectivity index (χ0) is 20.2. The number of benzene rings is 1. The minimum Gasteiger partial charge on any atom is -0.454 e. The number of nitrogens with zero attached hydrogens (tertiary/aromatic N) is 2. The molecule has 1 fully saturated rings. The summed E-state index contributed by atoms with van der Waals surface area (Å²) in [6, 6.07) is 7.42. The largest absolute Gasteiger partial charge is 0.454 e. The van der Waals surface area contributed by atoms with Crippen molar-refractivity contribution in [3.05, 3.63) is 57.5 Å². The van der Waals surface area contributed by atoms with Gasteiger partial charge in [0.05, 0.1) is 6.54 Å². The molecule has 0 saturated carbocycles. The van der Waals surface area contributed by atoms with Crippen LogP contribution in [0.5, 0.6) is 11.5 Å². The number of amides is 1. The van der Waals surface area contributed by atoms with Gasteiger partial charge in [-0.25, -0.2) is 0 Å². The fraction of sp³-hybridized carbons (Fsp3) is 0.455. The molecule has 2 aliphatic rings. The third-order valence-electron chi connectivity index (χ3n) is 5.53. The number of ether oxygens (including phenoxy) is 2. The lowest BCUT2D eigenvalue weighted by molar-refractivity contribution is 0.0949. The van der Waals surface area contributed by atoms with E-state index in [0.29, 0.717) is 30.2 Å². The third kappa shape index (κ3) is 4.45. The lowest BCUT2D eigenvalue weighted by atomic mass is 10.1. The van der Waals surface area contributed by atoms with Crippen LogP contribution in [0.25, 0.3) is 0 Å². The molecule has 0 unspecified atom stereocenters. The highest BCUT2D eigenvalue weighted by Gasteiger charge is 2.18. The van der Waals surface area contributed by atoms with Crippen LogP contribution >= 0.6 is 0 Å². The van der Waals surface area contributed by atoms with E-state index in [1.165, 1.54) is 12.8 Å². The molecule has 4 rings (SSSR count). The Balaban J connectivity index is 1.42. The Morgan fingerprint density at radius 2 is 1.93 bits per heavy atom. The van der Waals surface area contributed by atoms with Gasteiger partial charge >= 0.3 is 0 Å². The molecule has 1 N–H and O–H groups in total. The molecule has 7 nitrogen and oxygen atoms in total. The van der Waals surface area contributed by atoms with Gasteiger partial charge in [-0.2, -0.15) is 0 Å². The van der Waals surface area contributed by atoms with Crippen molar-refractivity contribution in [2.24, 2.45) is 0 Å². The Morgan fingerprint density at radius 3 is 2.76 bits per heavy atom. The Labute approximate surface area is 170 Å². The van der Waals surface area contributed by atoms with E-state index >= 15 is 0 Å². The fourth-order valence-corrected chi connectivity index (χ4v) is 3.90. The molecule has 1 saturated heterocycles. The van der Waals surface area contributed by atoms with Crippen LogP contribution < -0.4 is 20.3 Å². The Hall–Kier alpha value is -2.80. The number of carbonyl (C=O) groups excluding carboxylic acids is 1. The van der Waals surface area contributed by atoms with Gasteiger partial charge in [0.1, 0.15) is 5.56 Å². The first-order valence-electron chi connectivity index (χ1n) is 10.2. The van der Waals surface area contributed by atoms with Gasteiger partial charge in [-0.15, -0.1) is 0 Å². The average Bonchev–Trinajstić information content (AvgIpc) is 3.39. The zero-order valence-electron chi connectivity index (χ0n) is 16.8. The van der Waals surface area contributed by atoms with E-state index in [1.54, 1.807) is 17.7 Å². The van der Waals surface area contributed by atoms with Crippen molar-refractivity contribution in [3.63, 3.8) is 0 Å². The summed E-state index contributed by atoms with van der Waals surface area (Å²) in [6.45, 7) is 6.24. The molecule has 0 bridgehead atoms. The topological polar surface area (TPSA) is 72.8 Å². The van der Waals surface area contributed by atoms with E-state index in [-0.39, 0.29) is 23.8 Å². The van der Waals surface area contributed by atoms with Crippen molar-refractivity contribution in [2.75, 3.05) is 33.0 Å². The Morgan fingerprint density at radius 1 is 1.14 bits per heavy atom. The van der Waals surface area contributed by atoms with E-state index in [1.807, 2.05) is 24.3 Å². The molecule has 0 atom stereocenters. The zero-order valence-corrected chi connectivity index (χ0v) is 16.8. The molecular formula is C22H27N3O4. The number of aryl methyl sites for hydroxylation is 1. The van der Waals surface area contributed by atoms with Crippen LogP contribution in [0.1, 0.15) is 40.7 Å².